The molecule has 0 fully saturated rings. The van der Waals surface area contributed by atoms with E-state index in [0.29, 0.717) is 35.8 Å². The van der Waals surface area contributed by atoms with Crippen molar-refractivity contribution in [1.29, 1.82) is 10.5 Å². The predicted molar refractivity (Wildman–Crippen MR) is 116 cm³/mol. The summed E-state index contributed by atoms with van der Waals surface area (Å²) in [5, 5.41) is 22.8. The highest BCUT2D eigenvalue weighted by atomic mass is 32.1. The van der Waals surface area contributed by atoms with Gasteiger partial charge in [-0.15, -0.1) is 22.7 Å². The fraction of sp³-hybridized carbons (Fsp3) is 0.545. The van der Waals surface area contributed by atoms with E-state index in [0.717, 1.165) is 35.4 Å². The summed E-state index contributed by atoms with van der Waals surface area (Å²) < 4.78 is 11.8. The van der Waals surface area contributed by atoms with Crippen molar-refractivity contribution < 1.29 is 9.47 Å². The molecule has 4 nitrogen and oxygen atoms in total. The molecule has 0 amide bonds. The molecule has 0 aliphatic rings. The van der Waals surface area contributed by atoms with Crippen LogP contribution in [0.3, 0.4) is 0 Å². The number of nitrogens with zero attached hydrogens (tertiary/aromatic N) is 2. The molecule has 2 heterocycles. The van der Waals surface area contributed by atoms with Crippen LogP contribution < -0.4 is 9.47 Å². The average molecular weight is 417 g/mol. The van der Waals surface area contributed by atoms with Crippen LogP contribution in [0.15, 0.2) is 10.8 Å². The van der Waals surface area contributed by atoms with Crippen molar-refractivity contribution >= 4 is 22.7 Å². The Morgan fingerprint density at radius 1 is 0.786 bits per heavy atom. The second kappa shape index (κ2) is 12.4. The molecule has 0 radical (unpaired) electrons. The minimum absolute atomic E-state index is 0.537. The molecule has 0 spiro atoms. The van der Waals surface area contributed by atoms with Crippen molar-refractivity contribution in [3.05, 3.63) is 21.9 Å². The van der Waals surface area contributed by atoms with E-state index in [1.54, 1.807) is 0 Å². The number of unbranched alkanes of at least 4 members (excludes halogenated alkanes) is 6. The van der Waals surface area contributed by atoms with Crippen LogP contribution in [0.2, 0.25) is 0 Å². The van der Waals surface area contributed by atoms with Crippen LogP contribution in [0.5, 0.6) is 11.5 Å². The highest BCUT2D eigenvalue weighted by Crippen LogP contribution is 2.46. The van der Waals surface area contributed by atoms with Crippen LogP contribution in [0.25, 0.3) is 9.75 Å². The molecule has 0 aromatic carbocycles. The molecule has 0 bridgehead atoms. The number of rotatable bonds is 13. The molecule has 0 saturated carbocycles. The van der Waals surface area contributed by atoms with Crippen LogP contribution in [0.4, 0.5) is 0 Å². The van der Waals surface area contributed by atoms with Gasteiger partial charge in [-0.1, -0.05) is 52.4 Å². The Bertz CT molecular complexity index is 812. The summed E-state index contributed by atoms with van der Waals surface area (Å²) in [5.41, 5.74) is 1.08. The molecular formula is C22H28N2O2S2. The maximum Gasteiger partial charge on any atom is 0.156 e. The predicted octanol–water partition coefficient (Wildman–Crippen LogP) is 7.14. The third-order valence-electron chi connectivity index (χ3n) is 4.44. The number of nitriles is 2. The summed E-state index contributed by atoms with van der Waals surface area (Å²) in [5.74, 6) is 1.25. The Morgan fingerprint density at radius 3 is 2.04 bits per heavy atom. The van der Waals surface area contributed by atoms with Gasteiger partial charge in [0.25, 0.3) is 0 Å². The lowest BCUT2D eigenvalue weighted by Gasteiger charge is -2.08. The van der Waals surface area contributed by atoms with Crippen molar-refractivity contribution in [3.8, 4) is 33.4 Å². The van der Waals surface area contributed by atoms with Crippen LogP contribution >= 0.6 is 22.7 Å². The van der Waals surface area contributed by atoms with Crippen LogP contribution in [-0.2, 0) is 0 Å². The minimum atomic E-state index is 0.537. The third kappa shape index (κ3) is 5.99. The van der Waals surface area contributed by atoms with Crippen LogP contribution in [0.1, 0.15) is 76.3 Å². The number of hydrogen-bond donors (Lipinski definition) is 0. The van der Waals surface area contributed by atoms with E-state index in [-0.39, 0.29) is 0 Å². The molecule has 0 saturated heterocycles. The zero-order valence-electron chi connectivity index (χ0n) is 16.8. The Kier molecular flexibility index (Phi) is 9.90. The molecule has 6 heteroatoms. The first kappa shape index (κ1) is 22.3. The van der Waals surface area contributed by atoms with Gasteiger partial charge in [-0.05, 0) is 12.8 Å². The normalized spacial score (nSPS) is 10.4. The molecular weight excluding hydrogens is 388 g/mol. The van der Waals surface area contributed by atoms with Gasteiger partial charge in [-0.25, -0.2) is 0 Å². The van der Waals surface area contributed by atoms with Gasteiger partial charge >= 0.3 is 0 Å². The molecule has 0 unspecified atom stereocenters. The van der Waals surface area contributed by atoms with Gasteiger partial charge in [0.1, 0.15) is 29.0 Å². The number of thiophene rings is 2. The second-order valence-electron chi connectivity index (χ2n) is 6.65. The van der Waals surface area contributed by atoms with Crippen molar-refractivity contribution in [3.63, 3.8) is 0 Å². The highest BCUT2D eigenvalue weighted by Gasteiger charge is 2.22. The lowest BCUT2D eigenvalue weighted by atomic mass is 10.2. The fourth-order valence-electron chi connectivity index (χ4n) is 2.86. The molecule has 2 aromatic heterocycles. The first-order valence-corrected chi connectivity index (χ1v) is 11.8. The van der Waals surface area contributed by atoms with Gasteiger partial charge in [0.15, 0.2) is 5.75 Å². The molecule has 2 aromatic rings. The number of ether oxygens (including phenoxy) is 2. The second-order valence-corrected chi connectivity index (χ2v) is 8.41. The van der Waals surface area contributed by atoms with Gasteiger partial charge in [-0.3, -0.25) is 0 Å². The van der Waals surface area contributed by atoms with Crippen LogP contribution in [0, 0.1) is 22.7 Å². The molecule has 150 valence electrons. The minimum Gasteiger partial charge on any atom is -0.491 e. The average Bonchev–Trinajstić information content (AvgIpc) is 3.30. The molecule has 0 aliphatic carbocycles. The zero-order valence-corrected chi connectivity index (χ0v) is 18.4. The van der Waals surface area contributed by atoms with Gasteiger partial charge in [0.2, 0.25) is 0 Å². The molecule has 28 heavy (non-hydrogen) atoms. The SMILES string of the molecule is CCCCCCOc1csc(-c2scc(C#N)c2OCCCCCC)c1C#N. The summed E-state index contributed by atoms with van der Waals surface area (Å²) in [6, 6.07) is 4.50. The first-order chi connectivity index (χ1) is 13.8. The van der Waals surface area contributed by atoms with Gasteiger partial charge in [0, 0.05) is 10.8 Å². The van der Waals surface area contributed by atoms with E-state index >= 15 is 0 Å². The maximum atomic E-state index is 9.69. The van der Waals surface area contributed by atoms with E-state index < -0.39 is 0 Å². The van der Waals surface area contributed by atoms with Crippen molar-refractivity contribution in [2.45, 2.75) is 65.2 Å². The lowest BCUT2D eigenvalue weighted by Crippen LogP contribution is -1.99. The summed E-state index contributed by atoms with van der Waals surface area (Å²) in [7, 11) is 0. The Hall–Kier alpha value is -2.02. The topological polar surface area (TPSA) is 66.0 Å². The standard InChI is InChI=1S/C22H28N2O2S2/c1-3-5-7-9-11-25-19-16-28-21(18(19)14-24)22-20(17(13-23)15-27-22)26-12-10-8-6-4-2/h15-16H,3-12H2,1-2H3. The van der Waals surface area contributed by atoms with E-state index in [2.05, 4.69) is 26.0 Å². The van der Waals surface area contributed by atoms with Crippen LogP contribution in [-0.4, -0.2) is 13.2 Å². The first-order valence-electron chi connectivity index (χ1n) is 10.1. The summed E-state index contributed by atoms with van der Waals surface area (Å²) in [4.78, 5) is 1.69. The van der Waals surface area contributed by atoms with Gasteiger partial charge in [0.05, 0.1) is 23.0 Å². The quantitative estimate of drug-likeness (QED) is 0.325. The Morgan fingerprint density at radius 2 is 1.43 bits per heavy atom. The monoisotopic (exact) mass is 416 g/mol. The molecule has 2 rings (SSSR count). The van der Waals surface area contributed by atoms with Crippen molar-refractivity contribution in [1.82, 2.24) is 0 Å². The molecule has 0 aliphatic heterocycles. The number of hydrogen-bond acceptors (Lipinski definition) is 6. The van der Waals surface area contributed by atoms with E-state index in [1.165, 1.54) is 48.4 Å². The Labute approximate surface area is 176 Å². The highest BCUT2D eigenvalue weighted by molar-refractivity contribution is 7.21. The zero-order chi connectivity index (χ0) is 20.2. The van der Waals surface area contributed by atoms with E-state index in [9.17, 15) is 10.5 Å². The molecule has 0 N–H and O–H groups in total. The molecule has 0 atom stereocenters. The third-order valence-corrected chi connectivity index (χ3v) is 6.52. The lowest BCUT2D eigenvalue weighted by molar-refractivity contribution is 0.305. The smallest absolute Gasteiger partial charge is 0.156 e. The van der Waals surface area contributed by atoms with Crippen molar-refractivity contribution in [2.24, 2.45) is 0 Å². The maximum absolute atomic E-state index is 9.69. The van der Waals surface area contributed by atoms with Crippen molar-refractivity contribution in [2.75, 3.05) is 13.2 Å². The van der Waals surface area contributed by atoms with E-state index in [4.69, 9.17) is 9.47 Å². The summed E-state index contributed by atoms with van der Waals surface area (Å²) in [6.45, 7) is 5.57. The largest absolute Gasteiger partial charge is 0.491 e. The summed E-state index contributed by atoms with van der Waals surface area (Å²) in [6.07, 6.45) is 8.98. The van der Waals surface area contributed by atoms with Gasteiger partial charge in [-0.2, -0.15) is 10.5 Å². The summed E-state index contributed by atoms with van der Waals surface area (Å²) >= 11 is 2.94. The Balaban J connectivity index is 2.13. The fourth-order valence-corrected chi connectivity index (χ4v) is 4.90. The van der Waals surface area contributed by atoms with E-state index in [1.807, 2.05) is 10.8 Å². The van der Waals surface area contributed by atoms with Gasteiger partial charge < -0.3 is 9.47 Å².